The van der Waals surface area contributed by atoms with E-state index in [1.54, 1.807) is 0 Å². The molecule has 5 nitrogen and oxygen atoms in total. The summed E-state index contributed by atoms with van der Waals surface area (Å²) in [6.45, 7) is 6.85. The lowest BCUT2D eigenvalue weighted by atomic mass is 9.51. The molecule has 0 aromatic rings. The first-order chi connectivity index (χ1) is 12.5. The summed E-state index contributed by atoms with van der Waals surface area (Å²) in [5.41, 5.74) is 6.95. The van der Waals surface area contributed by atoms with Crippen LogP contribution >= 0.6 is 24.8 Å². The molecule has 28 heavy (non-hydrogen) atoms. The molecular formula is C21H37Cl2N3O2. The lowest BCUT2D eigenvalue weighted by molar-refractivity contribution is -0.131. The molecule has 3 N–H and O–H groups in total. The molecule has 1 saturated heterocycles. The monoisotopic (exact) mass is 433 g/mol. The molecule has 0 spiro atoms. The number of carbonyl (C=O) groups excluding carboxylic acids is 1. The van der Waals surface area contributed by atoms with E-state index in [2.05, 4.69) is 24.3 Å². The van der Waals surface area contributed by atoms with Crippen molar-refractivity contribution in [3.05, 3.63) is 0 Å². The van der Waals surface area contributed by atoms with Gasteiger partial charge < -0.3 is 15.9 Å². The molecule has 3 aliphatic carbocycles. The first-order valence-electron chi connectivity index (χ1n) is 10.6. The first kappa shape index (κ1) is 23.9. The van der Waals surface area contributed by atoms with Crippen molar-refractivity contribution in [2.24, 2.45) is 39.5 Å². The minimum atomic E-state index is -0.0330. The summed E-state index contributed by atoms with van der Waals surface area (Å²) < 4.78 is 0. The highest BCUT2D eigenvalue weighted by Crippen LogP contribution is 2.61. The second-order valence-electron chi connectivity index (χ2n) is 9.58. The number of ketones is 1. The number of oxime groups is 1. The fourth-order valence-corrected chi connectivity index (χ4v) is 6.88. The van der Waals surface area contributed by atoms with Crippen LogP contribution in [0, 0.1) is 28.6 Å². The predicted octanol–water partition coefficient (Wildman–Crippen LogP) is 3.73. The summed E-state index contributed by atoms with van der Waals surface area (Å²) in [6, 6.07) is 0.480. The third-order valence-corrected chi connectivity index (χ3v) is 8.45. The van der Waals surface area contributed by atoms with Crippen molar-refractivity contribution in [2.75, 3.05) is 19.7 Å². The van der Waals surface area contributed by atoms with E-state index in [1.165, 1.54) is 25.0 Å². The largest absolute Gasteiger partial charge is 0.395 e. The Morgan fingerprint density at radius 3 is 2.68 bits per heavy atom. The molecule has 7 heteroatoms. The molecule has 162 valence electrons. The van der Waals surface area contributed by atoms with Gasteiger partial charge in [0.25, 0.3) is 0 Å². The van der Waals surface area contributed by atoms with E-state index in [0.717, 1.165) is 44.6 Å². The van der Waals surface area contributed by atoms with Crippen LogP contribution in [0.25, 0.3) is 0 Å². The minimum absolute atomic E-state index is 0. The molecule has 3 saturated carbocycles. The average Bonchev–Trinajstić information content (AvgIpc) is 2.84. The van der Waals surface area contributed by atoms with Gasteiger partial charge in [-0.25, -0.2) is 0 Å². The van der Waals surface area contributed by atoms with Crippen molar-refractivity contribution in [2.45, 2.75) is 71.3 Å². The van der Waals surface area contributed by atoms with Gasteiger partial charge in [-0.3, -0.25) is 4.79 Å². The highest BCUT2D eigenvalue weighted by atomic mass is 35.5. The Kier molecular flexibility index (Phi) is 7.85. The van der Waals surface area contributed by atoms with Gasteiger partial charge >= 0.3 is 0 Å². The van der Waals surface area contributed by atoms with Gasteiger partial charge in [0, 0.05) is 30.8 Å². The predicted molar refractivity (Wildman–Crippen MR) is 117 cm³/mol. The molecule has 0 aromatic heterocycles. The van der Waals surface area contributed by atoms with Crippen LogP contribution in [0.15, 0.2) is 5.16 Å². The topological polar surface area (TPSA) is 76.7 Å². The molecule has 4 aliphatic rings. The molecule has 4 fully saturated rings. The smallest absolute Gasteiger partial charge is 0.139 e. The molecule has 0 bridgehead atoms. The number of halogens is 2. The van der Waals surface area contributed by atoms with E-state index in [4.69, 9.17) is 10.6 Å². The Balaban J connectivity index is 0.00000140. The Morgan fingerprint density at radius 1 is 1.14 bits per heavy atom. The highest BCUT2D eigenvalue weighted by molar-refractivity contribution is 5.87. The molecular weight excluding hydrogens is 397 g/mol. The fourth-order valence-electron chi connectivity index (χ4n) is 6.88. The molecule has 0 amide bonds. The SMILES string of the molecule is C[C@]12CC/C(=N/OCCN)CC1NCC[C@@H]1[C@@H]2CC[C@]2(C)C(=O)CC[C@@H]12.Cl.Cl. The van der Waals surface area contributed by atoms with E-state index in [0.29, 0.717) is 42.2 Å². The fraction of sp³-hybridized carbons (Fsp3) is 0.905. The lowest BCUT2D eigenvalue weighted by Crippen LogP contribution is -2.53. The summed E-state index contributed by atoms with van der Waals surface area (Å²) in [5, 5.41) is 8.21. The maximum Gasteiger partial charge on any atom is 0.139 e. The number of Topliss-reactive ketones (excluding diaryl/α,β-unsaturated/α-hetero) is 1. The molecule has 4 rings (SSSR count). The molecule has 1 heterocycles. The summed E-state index contributed by atoms with van der Waals surface area (Å²) in [5.74, 6) is 2.58. The zero-order chi connectivity index (χ0) is 18.4. The maximum atomic E-state index is 12.6. The van der Waals surface area contributed by atoms with Crippen LogP contribution in [0.1, 0.15) is 65.2 Å². The van der Waals surface area contributed by atoms with Crippen molar-refractivity contribution in [1.29, 1.82) is 0 Å². The molecule has 0 aromatic carbocycles. The summed E-state index contributed by atoms with van der Waals surface area (Å²) in [7, 11) is 0. The van der Waals surface area contributed by atoms with Crippen molar-refractivity contribution >= 4 is 36.3 Å². The van der Waals surface area contributed by atoms with Gasteiger partial charge in [-0.05, 0) is 68.2 Å². The number of hydrogen-bond donors (Lipinski definition) is 2. The van der Waals surface area contributed by atoms with E-state index < -0.39 is 0 Å². The number of carbonyl (C=O) groups is 1. The van der Waals surface area contributed by atoms with Crippen LogP contribution < -0.4 is 11.1 Å². The first-order valence-corrected chi connectivity index (χ1v) is 10.6. The van der Waals surface area contributed by atoms with Gasteiger partial charge in [0.15, 0.2) is 0 Å². The van der Waals surface area contributed by atoms with Crippen molar-refractivity contribution in [3.63, 3.8) is 0 Å². The van der Waals surface area contributed by atoms with Gasteiger partial charge in [0.05, 0.1) is 5.71 Å². The number of nitrogens with zero attached hydrogens (tertiary/aromatic N) is 1. The Morgan fingerprint density at radius 2 is 1.93 bits per heavy atom. The van der Waals surface area contributed by atoms with Gasteiger partial charge in [-0.1, -0.05) is 19.0 Å². The van der Waals surface area contributed by atoms with Crippen LogP contribution in [0.5, 0.6) is 0 Å². The minimum Gasteiger partial charge on any atom is -0.395 e. The van der Waals surface area contributed by atoms with Gasteiger partial charge in [-0.15, -0.1) is 24.8 Å². The van der Waals surface area contributed by atoms with E-state index >= 15 is 0 Å². The van der Waals surface area contributed by atoms with Gasteiger partial charge in [0.1, 0.15) is 12.4 Å². The standard InChI is InChI=1S/C21H35N3O2.2ClH/c1-20-8-5-14(24-26-12-10-22)13-18(20)23-11-7-15-16-3-4-19(25)21(16,2)9-6-17(15)20;;/h15-18,23H,3-13,22H2,1-2H3;2*1H/b24-14-;;/t15-,16-,17-,18?,20+,21-;;/m0../s1. The molecule has 1 aliphatic heterocycles. The Hall–Kier alpha value is -0.360. The molecule has 0 radical (unpaired) electrons. The summed E-state index contributed by atoms with van der Waals surface area (Å²) in [6.07, 6.45) is 8.67. The maximum absolute atomic E-state index is 12.6. The van der Waals surface area contributed by atoms with E-state index in [-0.39, 0.29) is 30.2 Å². The average molecular weight is 434 g/mol. The van der Waals surface area contributed by atoms with Crippen LogP contribution in [0.2, 0.25) is 0 Å². The lowest BCUT2D eigenvalue weighted by Gasteiger charge is -2.54. The van der Waals surface area contributed by atoms with Crippen LogP contribution in [-0.2, 0) is 9.63 Å². The Bertz CT molecular complexity index is 602. The third-order valence-electron chi connectivity index (χ3n) is 8.45. The highest BCUT2D eigenvalue weighted by Gasteiger charge is 2.59. The van der Waals surface area contributed by atoms with Crippen molar-refractivity contribution in [1.82, 2.24) is 5.32 Å². The number of nitrogens with one attached hydrogen (secondary N) is 1. The van der Waals surface area contributed by atoms with E-state index in [1.807, 2.05) is 0 Å². The molecule has 6 atom stereocenters. The van der Waals surface area contributed by atoms with Crippen molar-refractivity contribution in [3.8, 4) is 0 Å². The number of rotatable bonds is 3. The second-order valence-corrected chi connectivity index (χ2v) is 9.58. The van der Waals surface area contributed by atoms with E-state index in [9.17, 15) is 4.79 Å². The summed E-state index contributed by atoms with van der Waals surface area (Å²) in [4.78, 5) is 17.9. The van der Waals surface area contributed by atoms with Gasteiger partial charge in [-0.2, -0.15) is 0 Å². The van der Waals surface area contributed by atoms with Crippen LogP contribution in [0.3, 0.4) is 0 Å². The molecule has 1 unspecified atom stereocenters. The number of fused-ring (bicyclic) bond motifs is 5. The zero-order valence-electron chi connectivity index (χ0n) is 17.2. The second kappa shape index (κ2) is 9.20. The quantitative estimate of drug-likeness (QED) is 0.524. The third kappa shape index (κ3) is 3.84. The number of nitrogens with two attached hydrogens (primary N) is 1. The van der Waals surface area contributed by atoms with Crippen molar-refractivity contribution < 1.29 is 9.63 Å². The Labute approximate surface area is 181 Å². The zero-order valence-corrected chi connectivity index (χ0v) is 18.9. The number of hydrogen-bond acceptors (Lipinski definition) is 5. The van der Waals surface area contributed by atoms with Crippen LogP contribution in [0.4, 0.5) is 0 Å². The van der Waals surface area contributed by atoms with Crippen LogP contribution in [-0.4, -0.2) is 37.2 Å². The summed E-state index contributed by atoms with van der Waals surface area (Å²) >= 11 is 0. The normalized spacial score (nSPS) is 43.7. The van der Waals surface area contributed by atoms with Gasteiger partial charge in [0.2, 0.25) is 0 Å².